The first kappa shape index (κ1) is 15.0. The topological polar surface area (TPSA) is 55.6 Å². The van der Waals surface area contributed by atoms with Crippen LogP contribution in [-0.4, -0.2) is 41.8 Å². The highest BCUT2D eigenvalue weighted by Crippen LogP contribution is 2.19. The second-order valence-corrected chi connectivity index (χ2v) is 5.66. The van der Waals surface area contributed by atoms with Crippen LogP contribution in [0.1, 0.15) is 62.2 Å². The summed E-state index contributed by atoms with van der Waals surface area (Å²) in [6.45, 7) is 8.32. The molecule has 1 aliphatic heterocycles. The van der Waals surface area contributed by atoms with Crippen LogP contribution in [0, 0.1) is 0 Å². The summed E-state index contributed by atoms with van der Waals surface area (Å²) in [5, 5.41) is 3.95. The standard InChI is InChI=1S/C15H24N2O3/c1-4-8-19-12-6-5-7-17(10-12)15(18)14-9-13(11(2)3)16-20-14/h9,11-12H,4-8,10H2,1-3H3/t12-/m0/s1. The van der Waals surface area contributed by atoms with Crippen molar-refractivity contribution in [2.45, 2.75) is 52.1 Å². The van der Waals surface area contributed by atoms with Gasteiger partial charge < -0.3 is 14.2 Å². The molecule has 112 valence electrons. The van der Waals surface area contributed by atoms with Crippen LogP contribution in [0.5, 0.6) is 0 Å². The van der Waals surface area contributed by atoms with E-state index in [9.17, 15) is 4.79 Å². The highest BCUT2D eigenvalue weighted by Gasteiger charge is 2.27. The zero-order chi connectivity index (χ0) is 14.5. The Labute approximate surface area is 120 Å². The Kier molecular flexibility index (Phi) is 5.17. The Bertz CT molecular complexity index is 442. The van der Waals surface area contributed by atoms with Crippen LogP contribution in [0.3, 0.4) is 0 Å². The molecule has 0 bridgehead atoms. The SMILES string of the molecule is CCCO[C@H]1CCCN(C(=O)c2cc(C(C)C)no2)C1. The molecule has 0 saturated carbocycles. The normalized spacial score (nSPS) is 19.6. The van der Waals surface area contributed by atoms with Crippen molar-refractivity contribution in [1.29, 1.82) is 0 Å². The number of carbonyl (C=O) groups is 1. The number of hydrogen-bond donors (Lipinski definition) is 0. The van der Waals surface area contributed by atoms with Crippen molar-refractivity contribution in [2.24, 2.45) is 0 Å². The summed E-state index contributed by atoms with van der Waals surface area (Å²) in [4.78, 5) is 14.2. The van der Waals surface area contributed by atoms with E-state index in [2.05, 4.69) is 12.1 Å². The molecule has 1 saturated heterocycles. The third-order valence-corrected chi connectivity index (χ3v) is 3.55. The molecule has 20 heavy (non-hydrogen) atoms. The van der Waals surface area contributed by atoms with E-state index in [1.54, 1.807) is 6.07 Å². The van der Waals surface area contributed by atoms with E-state index in [4.69, 9.17) is 9.26 Å². The third kappa shape index (κ3) is 3.60. The minimum Gasteiger partial charge on any atom is -0.376 e. The van der Waals surface area contributed by atoms with Gasteiger partial charge in [0, 0.05) is 25.8 Å². The summed E-state index contributed by atoms with van der Waals surface area (Å²) in [6.07, 6.45) is 3.16. The van der Waals surface area contributed by atoms with E-state index in [0.29, 0.717) is 12.3 Å². The molecule has 0 spiro atoms. The summed E-state index contributed by atoms with van der Waals surface area (Å²) in [5.41, 5.74) is 0.823. The molecule has 0 aromatic carbocycles. The Hall–Kier alpha value is -1.36. The molecule has 0 radical (unpaired) electrons. The number of aromatic nitrogens is 1. The van der Waals surface area contributed by atoms with Gasteiger partial charge in [-0.05, 0) is 25.2 Å². The number of ether oxygens (including phenoxy) is 1. The lowest BCUT2D eigenvalue weighted by Crippen LogP contribution is -2.43. The predicted molar refractivity (Wildman–Crippen MR) is 75.8 cm³/mol. The summed E-state index contributed by atoms with van der Waals surface area (Å²) in [6, 6.07) is 1.75. The molecule has 5 heteroatoms. The largest absolute Gasteiger partial charge is 0.376 e. The van der Waals surface area contributed by atoms with Gasteiger partial charge in [0.25, 0.3) is 5.91 Å². The Morgan fingerprint density at radius 2 is 2.40 bits per heavy atom. The minimum atomic E-state index is -0.0748. The first-order chi connectivity index (χ1) is 9.61. The van der Waals surface area contributed by atoms with Gasteiger partial charge in [0.05, 0.1) is 11.8 Å². The molecule has 1 fully saturated rings. The average Bonchev–Trinajstić information content (AvgIpc) is 2.94. The highest BCUT2D eigenvalue weighted by atomic mass is 16.5. The van der Waals surface area contributed by atoms with Crippen molar-refractivity contribution in [3.8, 4) is 0 Å². The number of amides is 1. The summed E-state index contributed by atoms with van der Waals surface area (Å²) in [7, 11) is 0. The van der Waals surface area contributed by atoms with Crippen LogP contribution in [0.2, 0.25) is 0 Å². The number of piperidine rings is 1. The Morgan fingerprint density at radius 3 is 3.05 bits per heavy atom. The lowest BCUT2D eigenvalue weighted by Gasteiger charge is -2.31. The van der Waals surface area contributed by atoms with E-state index < -0.39 is 0 Å². The van der Waals surface area contributed by atoms with Gasteiger partial charge in [0.2, 0.25) is 5.76 Å². The number of rotatable bonds is 5. The van der Waals surface area contributed by atoms with Crippen LogP contribution in [-0.2, 0) is 4.74 Å². The van der Waals surface area contributed by atoms with Crippen LogP contribution in [0.15, 0.2) is 10.6 Å². The van der Waals surface area contributed by atoms with Gasteiger partial charge in [0.1, 0.15) is 0 Å². The van der Waals surface area contributed by atoms with E-state index in [1.807, 2.05) is 18.7 Å². The molecule has 1 atom stereocenters. The number of nitrogens with zero attached hydrogens (tertiary/aromatic N) is 2. The quantitative estimate of drug-likeness (QED) is 0.832. The molecular weight excluding hydrogens is 256 g/mol. The Morgan fingerprint density at radius 1 is 1.60 bits per heavy atom. The van der Waals surface area contributed by atoms with Crippen LogP contribution < -0.4 is 0 Å². The lowest BCUT2D eigenvalue weighted by molar-refractivity contribution is 0.000902. The number of hydrogen-bond acceptors (Lipinski definition) is 4. The van der Waals surface area contributed by atoms with E-state index in [1.165, 1.54) is 0 Å². The fraction of sp³-hybridized carbons (Fsp3) is 0.733. The number of likely N-dealkylation sites (tertiary alicyclic amines) is 1. The molecule has 1 aromatic heterocycles. The summed E-state index contributed by atoms with van der Waals surface area (Å²) < 4.78 is 10.9. The highest BCUT2D eigenvalue weighted by molar-refractivity contribution is 5.91. The fourth-order valence-electron chi connectivity index (χ4n) is 2.36. The van der Waals surface area contributed by atoms with Crippen LogP contribution in [0.25, 0.3) is 0 Å². The van der Waals surface area contributed by atoms with Crippen LogP contribution >= 0.6 is 0 Å². The van der Waals surface area contributed by atoms with Gasteiger partial charge in [-0.1, -0.05) is 25.9 Å². The second-order valence-electron chi connectivity index (χ2n) is 5.66. The molecule has 1 aliphatic rings. The van der Waals surface area contributed by atoms with Crippen molar-refractivity contribution in [3.63, 3.8) is 0 Å². The average molecular weight is 280 g/mol. The molecular formula is C15H24N2O3. The lowest BCUT2D eigenvalue weighted by atomic mass is 10.1. The molecule has 0 aliphatic carbocycles. The molecule has 5 nitrogen and oxygen atoms in total. The van der Waals surface area contributed by atoms with E-state index in [0.717, 1.165) is 38.1 Å². The maximum absolute atomic E-state index is 12.4. The van der Waals surface area contributed by atoms with Crippen molar-refractivity contribution >= 4 is 5.91 Å². The predicted octanol–water partition coefficient (Wildman–Crippen LogP) is 2.83. The molecule has 1 amide bonds. The van der Waals surface area contributed by atoms with E-state index in [-0.39, 0.29) is 17.9 Å². The van der Waals surface area contributed by atoms with Gasteiger partial charge in [-0.25, -0.2) is 0 Å². The van der Waals surface area contributed by atoms with Crippen molar-refractivity contribution in [3.05, 3.63) is 17.5 Å². The van der Waals surface area contributed by atoms with Gasteiger partial charge in [-0.3, -0.25) is 4.79 Å². The zero-order valence-electron chi connectivity index (χ0n) is 12.6. The second kappa shape index (κ2) is 6.88. The van der Waals surface area contributed by atoms with Gasteiger partial charge in [-0.15, -0.1) is 0 Å². The molecule has 2 rings (SSSR count). The molecule has 0 unspecified atom stereocenters. The monoisotopic (exact) mass is 280 g/mol. The smallest absolute Gasteiger partial charge is 0.292 e. The molecule has 1 aromatic rings. The summed E-state index contributed by atoms with van der Waals surface area (Å²) in [5.74, 6) is 0.529. The summed E-state index contributed by atoms with van der Waals surface area (Å²) >= 11 is 0. The number of carbonyl (C=O) groups excluding carboxylic acids is 1. The maximum atomic E-state index is 12.4. The van der Waals surface area contributed by atoms with Gasteiger partial charge >= 0.3 is 0 Å². The zero-order valence-corrected chi connectivity index (χ0v) is 12.6. The maximum Gasteiger partial charge on any atom is 0.292 e. The van der Waals surface area contributed by atoms with Crippen molar-refractivity contribution in [1.82, 2.24) is 10.1 Å². The van der Waals surface area contributed by atoms with Crippen molar-refractivity contribution in [2.75, 3.05) is 19.7 Å². The molecule has 2 heterocycles. The third-order valence-electron chi connectivity index (χ3n) is 3.55. The molecule has 0 N–H and O–H groups in total. The van der Waals surface area contributed by atoms with Crippen LogP contribution in [0.4, 0.5) is 0 Å². The minimum absolute atomic E-state index is 0.0748. The van der Waals surface area contributed by atoms with E-state index >= 15 is 0 Å². The van der Waals surface area contributed by atoms with Crippen molar-refractivity contribution < 1.29 is 14.1 Å². The first-order valence-electron chi connectivity index (χ1n) is 7.49. The Balaban J connectivity index is 1.97. The van der Waals surface area contributed by atoms with Gasteiger partial charge in [0.15, 0.2) is 0 Å². The fourth-order valence-corrected chi connectivity index (χ4v) is 2.36. The first-order valence-corrected chi connectivity index (χ1v) is 7.49. The van der Waals surface area contributed by atoms with Gasteiger partial charge in [-0.2, -0.15) is 0 Å².